The molecule has 2 aromatic carbocycles. The van der Waals surface area contributed by atoms with E-state index in [4.69, 9.17) is 0 Å². The highest BCUT2D eigenvalue weighted by atomic mass is 32.2. The van der Waals surface area contributed by atoms with Crippen molar-refractivity contribution in [3.8, 4) is 11.1 Å². The van der Waals surface area contributed by atoms with Gasteiger partial charge in [-0.25, -0.2) is 0 Å². The van der Waals surface area contributed by atoms with Crippen molar-refractivity contribution in [2.75, 3.05) is 5.75 Å². The van der Waals surface area contributed by atoms with Crippen molar-refractivity contribution in [1.82, 2.24) is 0 Å². The number of rotatable bonds is 0. The Kier molecular flexibility index (Phi) is 2.21. The Labute approximate surface area is 111 Å². The Morgan fingerprint density at radius 3 is 2.39 bits per heavy atom. The summed E-state index contributed by atoms with van der Waals surface area (Å²) in [5.74, 6) is 1.09. The molecule has 2 aromatic rings. The average Bonchev–Trinajstić information content (AvgIpc) is 2.83. The van der Waals surface area contributed by atoms with E-state index in [9.17, 15) is 0 Å². The van der Waals surface area contributed by atoms with Crippen molar-refractivity contribution in [3.63, 3.8) is 0 Å². The highest BCUT2D eigenvalue weighted by Crippen LogP contribution is 2.46. The van der Waals surface area contributed by atoms with Crippen LogP contribution in [0.15, 0.2) is 59.5 Å². The van der Waals surface area contributed by atoms with Gasteiger partial charge in [0.2, 0.25) is 0 Å². The van der Waals surface area contributed by atoms with E-state index in [-0.39, 0.29) is 0 Å². The van der Waals surface area contributed by atoms with E-state index in [1.54, 1.807) is 0 Å². The van der Waals surface area contributed by atoms with Gasteiger partial charge in [-0.15, -0.1) is 11.8 Å². The van der Waals surface area contributed by atoms with Gasteiger partial charge >= 0.3 is 0 Å². The minimum Gasteiger partial charge on any atom is -0.121 e. The molecule has 0 fully saturated rings. The van der Waals surface area contributed by atoms with Gasteiger partial charge in [-0.3, -0.25) is 0 Å². The fourth-order valence-corrected chi connectivity index (χ4v) is 3.71. The first-order valence-corrected chi connectivity index (χ1v) is 7.16. The summed E-state index contributed by atoms with van der Waals surface area (Å²) in [7, 11) is 0. The standard InChI is InChI=1S/C17H12S/c1-2-6-13-12(5-1)11-17-16(9-10-18-17)15-8-4-3-7-14(13)15/h1-9,11H,10H2. The smallest absolute Gasteiger partial charge is 0.0170 e. The summed E-state index contributed by atoms with van der Waals surface area (Å²) in [5.41, 5.74) is 6.81. The molecule has 1 heterocycles. The zero-order valence-corrected chi connectivity index (χ0v) is 10.7. The molecule has 0 aromatic heterocycles. The van der Waals surface area contributed by atoms with Gasteiger partial charge in [-0.2, -0.15) is 0 Å². The Morgan fingerprint density at radius 1 is 0.778 bits per heavy atom. The quantitative estimate of drug-likeness (QED) is 0.643. The monoisotopic (exact) mass is 248 g/mol. The highest BCUT2D eigenvalue weighted by Gasteiger charge is 2.21. The van der Waals surface area contributed by atoms with Crippen LogP contribution in [-0.2, 0) is 0 Å². The Hall–Kier alpha value is -1.73. The van der Waals surface area contributed by atoms with Crippen LogP contribution in [0.3, 0.4) is 0 Å². The maximum Gasteiger partial charge on any atom is 0.0170 e. The molecule has 0 atom stereocenters. The summed E-state index contributed by atoms with van der Waals surface area (Å²) in [5, 5.41) is 0. The second-order valence-electron chi connectivity index (χ2n) is 4.57. The van der Waals surface area contributed by atoms with Crippen LogP contribution in [-0.4, -0.2) is 5.75 Å². The molecule has 0 unspecified atom stereocenters. The van der Waals surface area contributed by atoms with Gasteiger partial charge in [-0.1, -0.05) is 54.6 Å². The zero-order valence-electron chi connectivity index (χ0n) is 9.89. The molecule has 1 aliphatic carbocycles. The summed E-state index contributed by atoms with van der Waals surface area (Å²) < 4.78 is 0. The van der Waals surface area contributed by atoms with Crippen LogP contribution in [0.25, 0.3) is 22.8 Å². The molecule has 0 radical (unpaired) electrons. The predicted molar refractivity (Wildman–Crippen MR) is 80.3 cm³/mol. The lowest BCUT2D eigenvalue weighted by Crippen LogP contribution is -1.87. The van der Waals surface area contributed by atoms with E-state index < -0.39 is 0 Å². The fraction of sp³-hybridized carbons (Fsp3) is 0.0588. The number of fused-ring (bicyclic) bond motifs is 5. The maximum atomic E-state index is 2.35. The number of allylic oxidation sites excluding steroid dienone is 1. The Balaban J connectivity index is 2.12. The largest absolute Gasteiger partial charge is 0.121 e. The summed E-state index contributed by atoms with van der Waals surface area (Å²) in [6.45, 7) is 0. The van der Waals surface area contributed by atoms with Crippen LogP contribution < -0.4 is 0 Å². The van der Waals surface area contributed by atoms with Gasteiger partial charge < -0.3 is 0 Å². The Bertz CT molecular complexity index is 692. The lowest BCUT2D eigenvalue weighted by molar-refractivity contribution is 1.57. The molecule has 86 valence electrons. The van der Waals surface area contributed by atoms with Crippen LogP contribution in [0, 0.1) is 0 Å². The first-order valence-electron chi connectivity index (χ1n) is 6.17. The SMILES string of the molecule is C1=C2SCC=C2c2ccccc2-c2ccccc21. The van der Waals surface area contributed by atoms with Gasteiger partial charge in [0.1, 0.15) is 0 Å². The molecular weight excluding hydrogens is 236 g/mol. The third kappa shape index (κ3) is 1.41. The number of thioether (sulfide) groups is 1. The molecule has 0 saturated heterocycles. The molecule has 0 amide bonds. The molecule has 1 heteroatoms. The van der Waals surface area contributed by atoms with Crippen molar-refractivity contribution >= 4 is 23.4 Å². The molecular formula is C17H12S. The van der Waals surface area contributed by atoms with Crippen molar-refractivity contribution in [2.45, 2.75) is 0 Å². The van der Waals surface area contributed by atoms with Crippen LogP contribution in [0.2, 0.25) is 0 Å². The highest BCUT2D eigenvalue weighted by molar-refractivity contribution is 8.04. The van der Waals surface area contributed by atoms with Gasteiger partial charge in [-0.05, 0) is 33.9 Å². The lowest BCUT2D eigenvalue weighted by Gasteiger charge is -2.09. The number of benzene rings is 2. The summed E-state index contributed by atoms with van der Waals surface area (Å²) >= 11 is 1.94. The van der Waals surface area contributed by atoms with E-state index in [2.05, 4.69) is 60.7 Å². The first-order chi connectivity index (χ1) is 8.93. The van der Waals surface area contributed by atoms with Crippen LogP contribution in [0.5, 0.6) is 0 Å². The van der Waals surface area contributed by atoms with Gasteiger partial charge in [0.25, 0.3) is 0 Å². The van der Waals surface area contributed by atoms with E-state index in [1.165, 1.54) is 32.7 Å². The van der Waals surface area contributed by atoms with E-state index >= 15 is 0 Å². The van der Waals surface area contributed by atoms with Crippen molar-refractivity contribution in [3.05, 3.63) is 70.6 Å². The maximum absolute atomic E-state index is 2.35. The molecule has 0 saturated carbocycles. The van der Waals surface area contributed by atoms with Crippen LogP contribution in [0.1, 0.15) is 11.1 Å². The van der Waals surface area contributed by atoms with E-state index in [0.29, 0.717) is 0 Å². The zero-order chi connectivity index (χ0) is 11.9. The topological polar surface area (TPSA) is 0 Å². The summed E-state index contributed by atoms with van der Waals surface area (Å²) in [6, 6.07) is 17.4. The molecule has 2 aliphatic rings. The van der Waals surface area contributed by atoms with Crippen molar-refractivity contribution in [2.24, 2.45) is 0 Å². The van der Waals surface area contributed by atoms with E-state index in [1.807, 2.05) is 11.8 Å². The minimum atomic E-state index is 1.09. The van der Waals surface area contributed by atoms with Gasteiger partial charge in [0, 0.05) is 10.7 Å². The fourth-order valence-electron chi connectivity index (χ4n) is 2.72. The van der Waals surface area contributed by atoms with Crippen LogP contribution >= 0.6 is 11.8 Å². The third-order valence-electron chi connectivity index (χ3n) is 3.55. The van der Waals surface area contributed by atoms with Gasteiger partial charge in [0.05, 0.1) is 0 Å². The molecule has 4 rings (SSSR count). The minimum absolute atomic E-state index is 1.09. The summed E-state index contributed by atoms with van der Waals surface area (Å²) in [6.07, 6.45) is 4.68. The molecule has 0 bridgehead atoms. The molecule has 0 nitrogen and oxygen atoms in total. The lowest BCUT2D eigenvalue weighted by atomic mass is 9.95. The second-order valence-corrected chi connectivity index (χ2v) is 5.63. The van der Waals surface area contributed by atoms with Crippen LogP contribution in [0.4, 0.5) is 0 Å². The number of hydrogen-bond acceptors (Lipinski definition) is 1. The average molecular weight is 248 g/mol. The van der Waals surface area contributed by atoms with Crippen molar-refractivity contribution < 1.29 is 0 Å². The molecule has 0 N–H and O–H groups in total. The third-order valence-corrected chi connectivity index (χ3v) is 4.53. The number of hydrogen-bond donors (Lipinski definition) is 0. The molecule has 0 spiro atoms. The predicted octanol–water partition coefficient (Wildman–Crippen LogP) is 4.84. The Morgan fingerprint density at radius 2 is 1.50 bits per heavy atom. The molecule has 18 heavy (non-hydrogen) atoms. The van der Waals surface area contributed by atoms with Crippen molar-refractivity contribution in [1.29, 1.82) is 0 Å². The normalized spacial score (nSPS) is 16.0. The van der Waals surface area contributed by atoms with Gasteiger partial charge in [0.15, 0.2) is 0 Å². The summed E-state index contributed by atoms with van der Waals surface area (Å²) in [4.78, 5) is 1.41. The molecule has 1 aliphatic heterocycles. The van der Waals surface area contributed by atoms with E-state index in [0.717, 1.165) is 5.75 Å². The second kappa shape index (κ2) is 3.89. The first kappa shape index (κ1) is 10.2.